The second-order valence-electron chi connectivity index (χ2n) is 4.12. The van der Waals surface area contributed by atoms with Crippen molar-refractivity contribution in [2.45, 2.75) is 20.8 Å². The fourth-order valence-corrected chi connectivity index (χ4v) is 1.07. The second kappa shape index (κ2) is 5.61. The molecule has 0 fully saturated rings. The molecule has 1 amide bonds. The smallest absolute Gasteiger partial charge is 0.226 e. The van der Waals surface area contributed by atoms with E-state index in [1.165, 1.54) is 0 Å². The molecule has 0 aliphatic carbocycles. The molecule has 14 heavy (non-hydrogen) atoms. The van der Waals surface area contributed by atoms with Gasteiger partial charge in [-0.05, 0) is 20.8 Å². The Hall–Kier alpha value is -1.08. The number of carbonyl (C=O) groups excluding carboxylic acids is 1. The molecule has 0 aliphatic rings. The van der Waals surface area contributed by atoms with Crippen molar-refractivity contribution >= 4 is 5.91 Å². The summed E-state index contributed by atoms with van der Waals surface area (Å²) in [7, 11) is 1.63. The fourth-order valence-electron chi connectivity index (χ4n) is 1.07. The number of carbonyl (C=O) groups is 1. The van der Waals surface area contributed by atoms with Gasteiger partial charge in [0.1, 0.15) is 0 Å². The Morgan fingerprint density at radius 3 is 2.57 bits per heavy atom. The van der Waals surface area contributed by atoms with Crippen LogP contribution < -0.4 is 10.6 Å². The summed E-state index contributed by atoms with van der Waals surface area (Å²) in [6, 6.07) is 2.13. The lowest BCUT2D eigenvalue weighted by Crippen LogP contribution is -2.42. The zero-order valence-electron chi connectivity index (χ0n) is 9.35. The van der Waals surface area contributed by atoms with E-state index in [0.29, 0.717) is 13.1 Å². The van der Waals surface area contributed by atoms with Gasteiger partial charge in [0, 0.05) is 20.1 Å². The highest BCUT2D eigenvalue weighted by Gasteiger charge is 2.25. The van der Waals surface area contributed by atoms with E-state index in [1.54, 1.807) is 7.05 Å². The Balaban J connectivity index is 3.89. The number of hydrogen-bond acceptors (Lipinski definition) is 3. The van der Waals surface area contributed by atoms with Crippen molar-refractivity contribution in [1.29, 1.82) is 5.26 Å². The lowest BCUT2D eigenvalue weighted by Gasteiger charge is -2.23. The second-order valence-corrected chi connectivity index (χ2v) is 4.12. The maximum atomic E-state index is 11.4. The van der Waals surface area contributed by atoms with Gasteiger partial charge in [-0.1, -0.05) is 0 Å². The summed E-state index contributed by atoms with van der Waals surface area (Å²) in [5.41, 5.74) is -0.427. The monoisotopic (exact) mass is 197 g/mol. The molecule has 0 radical (unpaired) electrons. The average molecular weight is 197 g/mol. The number of amides is 1. The van der Waals surface area contributed by atoms with Crippen molar-refractivity contribution < 1.29 is 4.79 Å². The first-order chi connectivity index (χ1) is 6.44. The number of rotatable bonds is 5. The molecule has 80 valence electrons. The molecule has 0 bridgehead atoms. The standard InChI is InChI=1S/C10H19N3O/c1-8(5-11)6-13-7-10(2,3)9(14)12-4/h8,13H,6-7H2,1-4H3,(H,12,14). The molecule has 0 rings (SSSR count). The number of hydrogen-bond donors (Lipinski definition) is 2. The van der Waals surface area contributed by atoms with Crippen LogP contribution in [0, 0.1) is 22.7 Å². The highest BCUT2D eigenvalue weighted by Crippen LogP contribution is 2.12. The third kappa shape index (κ3) is 4.24. The minimum absolute atomic E-state index is 0.00890. The van der Waals surface area contributed by atoms with Crippen molar-refractivity contribution in [3.63, 3.8) is 0 Å². The Kier molecular flexibility index (Phi) is 5.18. The Morgan fingerprint density at radius 1 is 1.57 bits per heavy atom. The van der Waals surface area contributed by atoms with E-state index in [4.69, 9.17) is 5.26 Å². The highest BCUT2D eigenvalue weighted by molar-refractivity contribution is 5.81. The number of nitriles is 1. The molecule has 2 N–H and O–H groups in total. The van der Waals surface area contributed by atoms with Gasteiger partial charge in [0.05, 0.1) is 17.4 Å². The maximum absolute atomic E-state index is 11.4. The van der Waals surface area contributed by atoms with Gasteiger partial charge in [-0.15, -0.1) is 0 Å². The first-order valence-corrected chi connectivity index (χ1v) is 4.76. The van der Waals surface area contributed by atoms with Crippen molar-refractivity contribution in [3.8, 4) is 6.07 Å². The minimum atomic E-state index is -0.427. The molecule has 0 spiro atoms. The molecular formula is C10H19N3O. The molecule has 0 aliphatic heterocycles. The topological polar surface area (TPSA) is 64.9 Å². The molecule has 1 unspecified atom stereocenters. The fraction of sp³-hybridized carbons (Fsp3) is 0.800. The number of nitrogens with one attached hydrogen (secondary N) is 2. The molecular weight excluding hydrogens is 178 g/mol. The third-order valence-corrected chi connectivity index (χ3v) is 2.08. The largest absolute Gasteiger partial charge is 0.359 e. The molecule has 0 aromatic heterocycles. The van der Waals surface area contributed by atoms with Crippen LogP contribution in [-0.2, 0) is 4.79 Å². The summed E-state index contributed by atoms with van der Waals surface area (Å²) in [6.07, 6.45) is 0. The van der Waals surface area contributed by atoms with E-state index in [9.17, 15) is 4.79 Å². The van der Waals surface area contributed by atoms with Crippen LogP contribution in [0.15, 0.2) is 0 Å². The molecule has 0 aromatic carbocycles. The van der Waals surface area contributed by atoms with Gasteiger partial charge >= 0.3 is 0 Å². The normalized spacial score (nSPS) is 13.1. The molecule has 1 atom stereocenters. The summed E-state index contributed by atoms with van der Waals surface area (Å²) >= 11 is 0. The van der Waals surface area contributed by atoms with E-state index in [0.717, 1.165) is 0 Å². The van der Waals surface area contributed by atoms with Crippen LogP contribution in [0.4, 0.5) is 0 Å². The van der Waals surface area contributed by atoms with E-state index in [-0.39, 0.29) is 11.8 Å². The molecule has 0 aromatic rings. The summed E-state index contributed by atoms with van der Waals surface area (Å²) in [5.74, 6) is -0.00917. The predicted molar refractivity (Wildman–Crippen MR) is 55.5 cm³/mol. The lowest BCUT2D eigenvalue weighted by molar-refractivity contribution is -0.128. The van der Waals surface area contributed by atoms with Gasteiger partial charge in [0.2, 0.25) is 5.91 Å². The van der Waals surface area contributed by atoms with E-state index in [2.05, 4.69) is 16.7 Å². The quantitative estimate of drug-likeness (QED) is 0.675. The average Bonchev–Trinajstić information content (AvgIpc) is 2.15. The maximum Gasteiger partial charge on any atom is 0.226 e. The van der Waals surface area contributed by atoms with Gasteiger partial charge in [-0.3, -0.25) is 4.79 Å². The van der Waals surface area contributed by atoms with Crippen LogP contribution in [0.2, 0.25) is 0 Å². The molecule has 0 heterocycles. The minimum Gasteiger partial charge on any atom is -0.359 e. The molecule has 4 nitrogen and oxygen atoms in total. The van der Waals surface area contributed by atoms with Crippen molar-refractivity contribution in [1.82, 2.24) is 10.6 Å². The first kappa shape index (κ1) is 12.9. The highest BCUT2D eigenvalue weighted by atomic mass is 16.2. The third-order valence-electron chi connectivity index (χ3n) is 2.08. The van der Waals surface area contributed by atoms with Gasteiger partial charge in [0.25, 0.3) is 0 Å². The van der Waals surface area contributed by atoms with Crippen LogP contribution in [0.3, 0.4) is 0 Å². The van der Waals surface area contributed by atoms with E-state index < -0.39 is 5.41 Å². The Bertz CT molecular complexity index is 230. The Morgan fingerprint density at radius 2 is 2.14 bits per heavy atom. The first-order valence-electron chi connectivity index (χ1n) is 4.76. The van der Waals surface area contributed by atoms with Gasteiger partial charge in [-0.25, -0.2) is 0 Å². The lowest BCUT2D eigenvalue weighted by atomic mass is 9.92. The van der Waals surface area contributed by atoms with Gasteiger partial charge in [-0.2, -0.15) is 5.26 Å². The van der Waals surface area contributed by atoms with Crippen molar-refractivity contribution in [3.05, 3.63) is 0 Å². The summed E-state index contributed by atoms with van der Waals surface area (Å²) < 4.78 is 0. The van der Waals surface area contributed by atoms with Gasteiger partial charge in [0.15, 0.2) is 0 Å². The molecule has 4 heteroatoms. The Labute approximate surface area is 85.7 Å². The van der Waals surface area contributed by atoms with Gasteiger partial charge < -0.3 is 10.6 Å². The zero-order chi connectivity index (χ0) is 11.2. The van der Waals surface area contributed by atoms with Crippen molar-refractivity contribution in [2.24, 2.45) is 11.3 Å². The van der Waals surface area contributed by atoms with Crippen LogP contribution in [0.1, 0.15) is 20.8 Å². The summed E-state index contributed by atoms with van der Waals surface area (Å²) in [5, 5.41) is 14.3. The van der Waals surface area contributed by atoms with E-state index in [1.807, 2.05) is 20.8 Å². The van der Waals surface area contributed by atoms with Crippen LogP contribution in [-0.4, -0.2) is 26.0 Å². The zero-order valence-corrected chi connectivity index (χ0v) is 9.35. The molecule has 0 saturated heterocycles. The molecule has 0 saturated carbocycles. The van der Waals surface area contributed by atoms with Crippen LogP contribution >= 0.6 is 0 Å². The van der Waals surface area contributed by atoms with E-state index >= 15 is 0 Å². The van der Waals surface area contributed by atoms with Crippen LogP contribution in [0.5, 0.6) is 0 Å². The summed E-state index contributed by atoms with van der Waals surface area (Å²) in [4.78, 5) is 11.4. The summed E-state index contributed by atoms with van der Waals surface area (Å²) in [6.45, 7) is 6.79. The SMILES string of the molecule is CNC(=O)C(C)(C)CNCC(C)C#N. The predicted octanol–water partition coefficient (Wildman–Crippen LogP) is 0.508. The van der Waals surface area contributed by atoms with Crippen molar-refractivity contribution in [2.75, 3.05) is 20.1 Å². The number of nitrogens with zero attached hydrogens (tertiary/aromatic N) is 1. The van der Waals surface area contributed by atoms with Crippen LogP contribution in [0.25, 0.3) is 0 Å².